The smallest absolute Gasteiger partial charge is 0.307 e. The molecule has 0 amide bonds. The van der Waals surface area contributed by atoms with E-state index in [1.54, 1.807) is 12.1 Å². The second-order valence-electron chi connectivity index (χ2n) is 5.05. The van der Waals surface area contributed by atoms with E-state index in [0.29, 0.717) is 24.2 Å². The van der Waals surface area contributed by atoms with Gasteiger partial charge in [-0.2, -0.15) is 0 Å². The van der Waals surface area contributed by atoms with Crippen LogP contribution in [0.4, 0.5) is 0 Å². The van der Waals surface area contributed by atoms with Crippen molar-refractivity contribution in [3.63, 3.8) is 0 Å². The van der Waals surface area contributed by atoms with E-state index < -0.39 is 17.8 Å². The summed E-state index contributed by atoms with van der Waals surface area (Å²) in [7, 11) is 1.52. The molecule has 1 aromatic carbocycles. The third kappa shape index (κ3) is 2.62. The summed E-state index contributed by atoms with van der Waals surface area (Å²) in [6, 6.07) is 5.41. The molecule has 0 aliphatic heterocycles. The normalized spacial score (nSPS) is 22.2. The van der Waals surface area contributed by atoms with Gasteiger partial charge >= 0.3 is 5.97 Å². The number of benzene rings is 1. The molecular weight excluding hydrogens is 244 g/mol. The summed E-state index contributed by atoms with van der Waals surface area (Å²) in [6.45, 7) is 1.90. The van der Waals surface area contributed by atoms with Crippen LogP contribution in [0.25, 0.3) is 0 Å². The molecule has 0 bridgehead atoms. The minimum atomic E-state index is -0.873. The Balaban J connectivity index is 2.33. The second kappa shape index (κ2) is 5.43. The molecule has 0 aromatic heterocycles. The van der Waals surface area contributed by atoms with Gasteiger partial charge in [-0.05, 0) is 31.9 Å². The number of aryl methyl sites for hydroxylation is 1. The minimum absolute atomic E-state index is 0.106. The lowest BCUT2D eigenvalue weighted by Gasteiger charge is -2.16. The SMILES string of the molecule is COc1ccc(C)cc1C(=O)C1CCCC1C(=O)O. The first-order valence-electron chi connectivity index (χ1n) is 6.46. The Bertz CT molecular complexity index is 507. The lowest BCUT2D eigenvalue weighted by Crippen LogP contribution is -2.25. The average Bonchev–Trinajstić information content (AvgIpc) is 2.87. The molecule has 0 spiro atoms. The Labute approximate surface area is 112 Å². The van der Waals surface area contributed by atoms with Crippen LogP contribution >= 0.6 is 0 Å². The van der Waals surface area contributed by atoms with Gasteiger partial charge in [-0.15, -0.1) is 0 Å². The fraction of sp³-hybridized carbons (Fsp3) is 0.467. The zero-order valence-electron chi connectivity index (χ0n) is 11.2. The van der Waals surface area contributed by atoms with E-state index in [9.17, 15) is 14.7 Å². The molecule has 0 heterocycles. The van der Waals surface area contributed by atoms with E-state index in [4.69, 9.17) is 4.74 Å². The van der Waals surface area contributed by atoms with E-state index in [1.165, 1.54) is 7.11 Å². The minimum Gasteiger partial charge on any atom is -0.496 e. The highest BCUT2D eigenvalue weighted by Gasteiger charge is 2.38. The van der Waals surface area contributed by atoms with Gasteiger partial charge in [0, 0.05) is 5.92 Å². The third-order valence-electron chi connectivity index (χ3n) is 3.79. The molecular formula is C15H18O4. The molecule has 1 aromatic rings. The summed E-state index contributed by atoms with van der Waals surface area (Å²) >= 11 is 0. The molecule has 2 unspecified atom stereocenters. The van der Waals surface area contributed by atoms with Crippen LogP contribution in [0.3, 0.4) is 0 Å². The molecule has 1 aliphatic carbocycles. The number of carbonyl (C=O) groups is 2. The second-order valence-corrected chi connectivity index (χ2v) is 5.05. The highest BCUT2D eigenvalue weighted by atomic mass is 16.5. The van der Waals surface area contributed by atoms with Crippen molar-refractivity contribution in [3.8, 4) is 5.75 Å². The van der Waals surface area contributed by atoms with Crippen molar-refractivity contribution in [2.75, 3.05) is 7.11 Å². The third-order valence-corrected chi connectivity index (χ3v) is 3.79. The Morgan fingerprint density at radius 2 is 1.95 bits per heavy atom. The Morgan fingerprint density at radius 1 is 1.26 bits per heavy atom. The van der Waals surface area contributed by atoms with E-state index in [0.717, 1.165) is 12.0 Å². The molecule has 2 rings (SSSR count). The summed E-state index contributed by atoms with van der Waals surface area (Å²) in [5.41, 5.74) is 1.47. The van der Waals surface area contributed by atoms with Gasteiger partial charge < -0.3 is 9.84 Å². The van der Waals surface area contributed by atoms with Crippen LogP contribution in [-0.4, -0.2) is 24.0 Å². The van der Waals surface area contributed by atoms with Crippen LogP contribution in [0.2, 0.25) is 0 Å². The monoisotopic (exact) mass is 262 g/mol. The van der Waals surface area contributed by atoms with Crippen molar-refractivity contribution in [1.82, 2.24) is 0 Å². The van der Waals surface area contributed by atoms with Crippen molar-refractivity contribution in [1.29, 1.82) is 0 Å². The first-order chi connectivity index (χ1) is 9.04. The standard InChI is InChI=1S/C15H18O4/c1-9-6-7-13(19-2)12(8-9)14(16)10-4-3-5-11(10)15(17)18/h6-8,10-11H,3-5H2,1-2H3,(H,17,18). The van der Waals surface area contributed by atoms with Gasteiger partial charge in [-0.25, -0.2) is 0 Å². The number of aliphatic carboxylic acids is 1. The molecule has 0 saturated heterocycles. The molecule has 2 atom stereocenters. The topological polar surface area (TPSA) is 63.6 Å². The van der Waals surface area contributed by atoms with Gasteiger partial charge in [-0.1, -0.05) is 18.1 Å². The number of methoxy groups -OCH3 is 1. The number of ether oxygens (including phenoxy) is 1. The quantitative estimate of drug-likeness (QED) is 0.847. The van der Waals surface area contributed by atoms with Gasteiger partial charge in [0.25, 0.3) is 0 Å². The van der Waals surface area contributed by atoms with E-state index in [-0.39, 0.29) is 5.78 Å². The number of carboxylic acids is 1. The molecule has 4 nitrogen and oxygen atoms in total. The van der Waals surface area contributed by atoms with Crippen molar-refractivity contribution in [2.45, 2.75) is 26.2 Å². The van der Waals surface area contributed by atoms with Gasteiger partial charge in [0.05, 0.1) is 18.6 Å². The molecule has 1 fully saturated rings. The van der Waals surface area contributed by atoms with Crippen molar-refractivity contribution < 1.29 is 19.4 Å². The summed E-state index contributed by atoms with van der Waals surface area (Å²) in [5.74, 6) is -1.44. The zero-order chi connectivity index (χ0) is 14.0. The predicted molar refractivity (Wildman–Crippen MR) is 70.5 cm³/mol. The highest BCUT2D eigenvalue weighted by Crippen LogP contribution is 2.36. The summed E-state index contributed by atoms with van der Waals surface area (Å²) in [5, 5.41) is 9.18. The number of Topliss-reactive ketones (excluding diaryl/α,β-unsaturated/α-hetero) is 1. The van der Waals surface area contributed by atoms with Crippen LogP contribution in [0.1, 0.15) is 35.2 Å². The molecule has 1 aliphatic rings. The van der Waals surface area contributed by atoms with Gasteiger partial charge in [0.2, 0.25) is 0 Å². The molecule has 4 heteroatoms. The molecule has 1 saturated carbocycles. The van der Waals surface area contributed by atoms with Gasteiger partial charge in [-0.3, -0.25) is 9.59 Å². The van der Waals surface area contributed by atoms with Crippen LogP contribution in [0.15, 0.2) is 18.2 Å². The Hall–Kier alpha value is -1.84. The predicted octanol–water partition coefficient (Wildman–Crippen LogP) is 2.69. The van der Waals surface area contributed by atoms with Gasteiger partial charge in [0.1, 0.15) is 5.75 Å². The summed E-state index contributed by atoms with van der Waals surface area (Å²) < 4.78 is 5.21. The summed E-state index contributed by atoms with van der Waals surface area (Å²) in [4.78, 5) is 23.7. The number of hydrogen-bond donors (Lipinski definition) is 1. The Kier molecular flexibility index (Phi) is 3.88. The molecule has 102 valence electrons. The molecule has 0 radical (unpaired) electrons. The number of carbonyl (C=O) groups excluding carboxylic acids is 1. The highest BCUT2D eigenvalue weighted by molar-refractivity contribution is 6.02. The van der Waals surface area contributed by atoms with Crippen LogP contribution in [-0.2, 0) is 4.79 Å². The molecule has 19 heavy (non-hydrogen) atoms. The zero-order valence-corrected chi connectivity index (χ0v) is 11.2. The van der Waals surface area contributed by atoms with Crippen LogP contribution < -0.4 is 4.74 Å². The fourth-order valence-corrected chi connectivity index (χ4v) is 2.78. The van der Waals surface area contributed by atoms with E-state index in [2.05, 4.69) is 0 Å². The fourth-order valence-electron chi connectivity index (χ4n) is 2.78. The lowest BCUT2D eigenvalue weighted by molar-refractivity contribution is -0.142. The van der Waals surface area contributed by atoms with Crippen LogP contribution in [0.5, 0.6) is 5.75 Å². The van der Waals surface area contributed by atoms with Crippen molar-refractivity contribution in [3.05, 3.63) is 29.3 Å². The maximum atomic E-state index is 12.6. The lowest BCUT2D eigenvalue weighted by atomic mass is 9.87. The summed E-state index contributed by atoms with van der Waals surface area (Å²) in [6.07, 6.45) is 2.02. The average molecular weight is 262 g/mol. The first-order valence-corrected chi connectivity index (χ1v) is 6.46. The van der Waals surface area contributed by atoms with Crippen molar-refractivity contribution in [2.24, 2.45) is 11.8 Å². The largest absolute Gasteiger partial charge is 0.496 e. The number of carboxylic acid groups (broad SMARTS) is 1. The van der Waals surface area contributed by atoms with E-state index in [1.807, 2.05) is 13.0 Å². The van der Waals surface area contributed by atoms with E-state index >= 15 is 0 Å². The maximum absolute atomic E-state index is 12.6. The Morgan fingerprint density at radius 3 is 2.58 bits per heavy atom. The van der Waals surface area contributed by atoms with Gasteiger partial charge in [0.15, 0.2) is 5.78 Å². The van der Waals surface area contributed by atoms with Crippen molar-refractivity contribution >= 4 is 11.8 Å². The number of rotatable bonds is 4. The molecule has 1 N–H and O–H groups in total. The first kappa shape index (κ1) is 13.6. The number of hydrogen-bond acceptors (Lipinski definition) is 3. The van der Waals surface area contributed by atoms with Crippen LogP contribution in [0, 0.1) is 18.8 Å². The maximum Gasteiger partial charge on any atom is 0.307 e. The number of ketones is 1.